The summed E-state index contributed by atoms with van der Waals surface area (Å²) in [6.07, 6.45) is 1.91. The lowest BCUT2D eigenvalue weighted by Crippen LogP contribution is -2.46. The molecule has 20 heavy (non-hydrogen) atoms. The molecule has 2 rings (SSSR count). The van der Waals surface area contributed by atoms with Crippen molar-refractivity contribution < 1.29 is 5.11 Å². The molecule has 2 heterocycles. The van der Waals surface area contributed by atoms with Gasteiger partial charge >= 0.3 is 0 Å². The predicted molar refractivity (Wildman–Crippen MR) is 85.2 cm³/mol. The maximum Gasteiger partial charge on any atom is 0.0869 e. The number of thiophene rings is 1. The average Bonchev–Trinajstić information content (AvgIpc) is 2.81. The number of aliphatic hydroxyl groups is 1. The maximum absolute atomic E-state index is 10.3. The molecule has 0 spiro atoms. The summed E-state index contributed by atoms with van der Waals surface area (Å²) < 4.78 is 1.20. The number of nitrogens with zero attached hydrogens (tertiary/aromatic N) is 2. The molecule has 2 aromatic heterocycles. The number of rotatable bonds is 6. The molecular formula is C15H23N3OS. The average molecular weight is 293 g/mol. The summed E-state index contributed by atoms with van der Waals surface area (Å²) in [5.74, 6) is 0. The van der Waals surface area contributed by atoms with Crippen LogP contribution < -0.4 is 5.32 Å². The molecule has 0 aliphatic heterocycles. The van der Waals surface area contributed by atoms with Crippen molar-refractivity contribution >= 4 is 21.6 Å². The molecule has 0 saturated heterocycles. The van der Waals surface area contributed by atoms with E-state index in [0.29, 0.717) is 13.1 Å². The first-order valence-electron chi connectivity index (χ1n) is 6.81. The van der Waals surface area contributed by atoms with E-state index in [1.54, 1.807) is 11.3 Å². The van der Waals surface area contributed by atoms with Crippen LogP contribution >= 0.6 is 11.3 Å². The molecule has 2 aromatic rings. The topological polar surface area (TPSA) is 48.4 Å². The molecule has 0 aliphatic carbocycles. The van der Waals surface area contributed by atoms with Gasteiger partial charge in [0.25, 0.3) is 0 Å². The summed E-state index contributed by atoms with van der Waals surface area (Å²) >= 11 is 1.70. The van der Waals surface area contributed by atoms with Gasteiger partial charge < -0.3 is 15.3 Å². The highest BCUT2D eigenvalue weighted by atomic mass is 32.1. The van der Waals surface area contributed by atoms with E-state index in [2.05, 4.69) is 28.7 Å². The lowest BCUT2D eigenvalue weighted by molar-refractivity contribution is 0.0317. The Kier molecular flexibility index (Phi) is 4.75. The highest BCUT2D eigenvalue weighted by Crippen LogP contribution is 2.22. The van der Waals surface area contributed by atoms with Gasteiger partial charge in [0, 0.05) is 25.3 Å². The third-order valence-electron chi connectivity index (χ3n) is 3.27. The van der Waals surface area contributed by atoms with Crippen LogP contribution in [0, 0.1) is 0 Å². The van der Waals surface area contributed by atoms with Gasteiger partial charge in [-0.15, -0.1) is 11.3 Å². The molecule has 2 unspecified atom stereocenters. The molecule has 0 bridgehead atoms. The Labute approximate surface area is 124 Å². The van der Waals surface area contributed by atoms with Gasteiger partial charge in [-0.3, -0.25) is 4.98 Å². The third-order valence-corrected chi connectivity index (χ3v) is 4.12. The fourth-order valence-electron chi connectivity index (χ4n) is 2.33. The van der Waals surface area contributed by atoms with Gasteiger partial charge in [-0.1, -0.05) is 0 Å². The van der Waals surface area contributed by atoms with E-state index in [9.17, 15) is 5.11 Å². The van der Waals surface area contributed by atoms with Gasteiger partial charge in [0.1, 0.15) is 0 Å². The van der Waals surface area contributed by atoms with Gasteiger partial charge in [-0.2, -0.15) is 0 Å². The van der Waals surface area contributed by atoms with Crippen molar-refractivity contribution in [1.29, 1.82) is 0 Å². The highest BCUT2D eigenvalue weighted by Gasteiger charge is 2.22. The van der Waals surface area contributed by atoms with E-state index in [0.717, 1.165) is 11.1 Å². The Hall–Kier alpha value is -1.01. The summed E-state index contributed by atoms with van der Waals surface area (Å²) in [4.78, 5) is 6.45. The van der Waals surface area contributed by atoms with Gasteiger partial charge in [0.15, 0.2) is 0 Å². The molecule has 110 valence electrons. The molecule has 0 amide bonds. The third kappa shape index (κ3) is 3.99. The molecular weight excluding hydrogens is 270 g/mol. The van der Waals surface area contributed by atoms with Crippen LogP contribution in [0.4, 0.5) is 0 Å². The Bertz CT molecular complexity index is 565. The first-order valence-corrected chi connectivity index (χ1v) is 7.69. The lowest BCUT2D eigenvalue weighted by atomic mass is 10.1. The van der Waals surface area contributed by atoms with Crippen LogP contribution in [0.3, 0.4) is 0 Å². The molecule has 2 N–H and O–H groups in total. The van der Waals surface area contributed by atoms with Gasteiger partial charge in [0.2, 0.25) is 0 Å². The van der Waals surface area contributed by atoms with Crippen LogP contribution in [-0.4, -0.2) is 47.8 Å². The summed E-state index contributed by atoms with van der Waals surface area (Å²) in [5, 5.41) is 15.7. The van der Waals surface area contributed by atoms with Crippen molar-refractivity contribution in [2.45, 2.75) is 25.5 Å². The number of aromatic nitrogens is 1. The maximum atomic E-state index is 10.3. The molecule has 0 radical (unpaired) electrons. The second-order valence-corrected chi connectivity index (χ2v) is 6.86. The first kappa shape index (κ1) is 15.4. The van der Waals surface area contributed by atoms with E-state index >= 15 is 0 Å². The number of nitrogens with one attached hydrogen (secondary N) is 1. The molecule has 0 aliphatic rings. The first-order chi connectivity index (χ1) is 9.37. The summed E-state index contributed by atoms with van der Waals surface area (Å²) in [7, 11) is 3.93. The van der Waals surface area contributed by atoms with E-state index in [1.165, 1.54) is 4.70 Å². The summed E-state index contributed by atoms with van der Waals surface area (Å²) in [6.45, 7) is 5.14. The van der Waals surface area contributed by atoms with Crippen molar-refractivity contribution in [2.24, 2.45) is 0 Å². The van der Waals surface area contributed by atoms with Crippen LogP contribution in [-0.2, 0) is 0 Å². The Morgan fingerprint density at radius 2 is 2.25 bits per heavy atom. The molecule has 0 saturated carbocycles. The van der Waals surface area contributed by atoms with Gasteiger partial charge in [-0.05, 0) is 51.0 Å². The quantitative estimate of drug-likeness (QED) is 0.858. The largest absolute Gasteiger partial charge is 0.388 e. The van der Waals surface area contributed by atoms with Crippen LogP contribution in [0.25, 0.3) is 10.2 Å². The van der Waals surface area contributed by atoms with Crippen molar-refractivity contribution in [1.82, 2.24) is 15.2 Å². The summed E-state index contributed by atoms with van der Waals surface area (Å²) in [5.41, 5.74) is 1.46. The fraction of sp³-hybridized carbons (Fsp3) is 0.533. The normalized spacial score (nSPS) is 16.5. The van der Waals surface area contributed by atoms with E-state index < -0.39 is 5.60 Å². The Balaban J connectivity index is 1.99. The highest BCUT2D eigenvalue weighted by molar-refractivity contribution is 7.17. The standard InChI is InChI=1S/C15H23N3OS/c1-11(17-9-15(2,19)10-18(3)4)12-7-14-13(16-8-12)5-6-20-14/h5-8,11,17,19H,9-10H2,1-4H3. The SMILES string of the molecule is CC(NCC(C)(O)CN(C)C)c1cnc2ccsc2c1. The lowest BCUT2D eigenvalue weighted by Gasteiger charge is -2.28. The number of pyridine rings is 1. The molecule has 2 atom stereocenters. The summed E-state index contributed by atoms with van der Waals surface area (Å²) in [6, 6.07) is 4.37. The van der Waals surface area contributed by atoms with Crippen LogP contribution in [0.15, 0.2) is 23.7 Å². The van der Waals surface area contributed by atoms with Crippen molar-refractivity contribution in [3.63, 3.8) is 0 Å². The van der Waals surface area contributed by atoms with E-state index in [4.69, 9.17) is 0 Å². The minimum absolute atomic E-state index is 0.169. The number of hydrogen-bond donors (Lipinski definition) is 2. The zero-order valence-corrected chi connectivity index (χ0v) is 13.4. The van der Waals surface area contributed by atoms with Gasteiger partial charge in [0.05, 0.1) is 15.8 Å². The smallest absolute Gasteiger partial charge is 0.0869 e. The minimum Gasteiger partial charge on any atom is -0.388 e. The van der Waals surface area contributed by atoms with E-state index in [1.807, 2.05) is 38.2 Å². The number of likely N-dealkylation sites (N-methyl/N-ethyl adjacent to an activating group) is 1. The number of hydrogen-bond acceptors (Lipinski definition) is 5. The van der Waals surface area contributed by atoms with Gasteiger partial charge in [-0.25, -0.2) is 0 Å². The second kappa shape index (κ2) is 6.18. The zero-order valence-electron chi connectivity index (χ0n) is 12.6. The molecule has 5 heteroatoms. The minimum atomic E-state index is -0.738. The van der Waals surface area contributed by atoms with Crippen molar-refractivity contribution in [3.8, 4) is 0 Å². The van der Waals surface area contributed by atoms with Crippen molar-refractivity contribution in [2.75, 3.05) is 27.2 Å². The van der Waals surface area contributed by atoms with E-state index in [-0.39, 0.29) is 6.04 Å². The van der Waals surface area contributed by atoms with Crippen LogP contribution in [0.5, 0.6) is 0 Å². The molecule has 4 nitrogen and oxygen atoms in total. The second-order valence-electron chi connectivity index (χ2n) is 5.91. The molecule has 0 fully saturated rings. The Morgan fingerprint density at radius 1 is 1.50 bits per heavy atom. The van der Waals surface area contributed by atoms with Crippen molar-refractivity contribution in [3.05, 3.63) is 29.3 Å². The molecule has 0 aromatic carbocycles. The predicted octanol–water partition coefficient (Wildman–Crippen LogP) is 2.26. The Morgan fingerprint density at radius 3 is 2.95 bits per heavy atom. The monoisotopic (exact) mass is 293 g/mol. The van der Waals surface area contributed by atoms with Crippen LogP contribution in [0.1, 0.15) is 25.5 Å². The zero-order chi connectivity index (χ0) is 14.8. The van der Waals surface area contributed by atoms with Crippen LogP contribution in [0.2, 0.25) is 0 Å². The fourth-order valence-corrected chi connectivity index (χ4v) is 3.12. The number of fused-ring (bicyclic) bond motifs is 1.